The average Bonchev–Trinajstić information content (AvgIpc) is 3.18. The van der Waals surface area contributed by atoms with E-state index in [4.69, 9.17) is 14.6 Å². The zero-order valence-corrected chi connectivity index (χ0v) is 18.3. The lowest BCUT2D eigenvalue weighted by Crippen LogP contribution is -2.47. The monoisotopic (exact) mass is 423 g/mol. The summed E-state index contributed by atoms with van der Waals surface area (Å²) in [5, 5.41) is 4.81. The molecule has 2 aliphatic rings. The number of nitrogens with one attached hydrogen (secondary N) is 1. The van der Waals surface area contributed by atoms with Crippen molar-refractivity contribution in [1.82, 2.24) is 24.5 Å². The molecule has 4 heterocycles. The van der Waals surface area contributed by atoms with E-state index in [1.54, 1.807) is 17.8 Å². The van der Waals surface area contributed by atoms with Crippen molar-refractivity contribution in [2.45, 2.75) is 44.6 Å². The average molecular weight is 424 g/mol. The van der Waals surface area contributed by atoms with Crippen molar-refractivity contribution < 1.29 is 9.47 Å². The molecule has 1 unspecified atom stereocenters. The second-order valence-corrected chi connectivity index (χ2v) is 8.70. The van der Waals surface area contributed by atoms with E-state index < -0.39 is 0 Å². The Balaban J connectivity index is 1.35. The van der Waals surface area contributed by atoms with E-state index in [1.165, 1.54) is 5.56 Å². The van der Waals surface area contributed by atoms with Gasteiger partial charge in [-0.1, -0.05) is 12.1 Å². The van der Waals surface area contributed by atoms with Crippen molar-refractivity contribution in [2.24, 2.45) is 0 Å². The van der Waals surface area contributed by atoms with Gasteiger partial charge in [0.1, 0.15) is 17.4 Å². The Labute approximate surface area is 181 Å². The van der Waals surface area contributed by atoms with Crippen molar-refractivity contribution in [3.05, 3.63) is 57.5 Å². The molecule has 3 aromatic rings. The molecule has 1 atom stereocenters. The summed E-state index contributed by atoms with van der Waals surface area (Å²) in [6.45, 7) is 7.51. The summed E-state index contributed by atoms with van der Waals surface area (Å²) in [4.78, 5) is 22.6. The van der Waals surface area contributed by atoms with Gasteiger partial charge in [-0.05, 0) is 43.9 Å². The van der Waals surface area contributed by atoms with Crippen LogP contribution in [0.3, 0.4) is 0 Å². The highest BCUT2D eigenvalue weighted by Gasteiger charge is 2.33. The number of hydrogen-bond donors (Lipinski definition) is 1. The third-order valence-electron chi connectivity index (χ3n) is 6.78. The van der Waals surface area contributed by atoms with Crippen LogP contribution in [-0.4, -0.2) is 57.9 Å². The molecule has 0 radical (unpaired) electrons. The van der Waals surface area contributed by atoms with Gasteiger partial charge in [-0.15, -0.1) is 0 Å². The molecule has 8 nitrogen and oxygen atoms in total. The smallest absolute Gasteiger partial charge is 0.277 e. The van der Waals surface area contributed by atoms with E-state index in [2.05, 4.69) is 40.8 Å². The standard InChI is InChI=1S/C23H29N5O3/c1-14-10-17(4-5-20(14)30-3)18-12-27(13-18)15(2)21-25-23(29)19-11-24-22(28(19)26-21)16-6-8-31-9-7-16/h4-5,10-11,15-16,18H,6-9,12-13H2,1-3H3,(H,25,26,29). The number of fused-ring (bicyclic) bond motifs is 1. The Morgan fingerprint density at radius 2 is 2.00 bits per heavy atom. The fraction of sp³-hybridized carbons (Fsp3) is 0.522. The third-order valence-corrected chi connectivity index (χ3v) is 6.78. The summed E-state index contributed by atoms with van der Waals surface area (Å²) < 4.78 is 12.6. The van der Waals surface area contributed by atoms with Gasteiger partial charge in [-0.3, -0.25) is 9.69 Å². The number of ether oxygens (including phenoxy) is 2. The number of aryl methyl sites for hydroxylation is 1. The lowest BCUT2D eigenvalue weighted by molar-refractivity contribution is 0.0829. The molecule has 2 aromatic heterocycles. The molecule has 1 aromatic carbocycles. The zero-order valence-electron chi connectivity index (χ0n) is 18.3. The predicted octanol–water partition coefficient (Wildman–Crippen LogP) is 2.79. The number of imidazole rings is 1. The molecular weight excluding hydrogens is 394 g/mol. The van der Waals surface area contributed by atoms with E-state index in [1.807, 2.05) is 6.07 Å². The minimum Gasteiger partial charge on any atom is -0.496 e. The highest BCUT2D eigenvalue weighted by molar-refractivity contribution is 5.43. The van der Waals surface area contributed by atoms with Crippen LogP contribution in [0.1, 0.15) is 60.4 Å². The number of likely N-dealkylation sites (tertiary alicyclic amines) is 1. The van der Waals surface area contributed by atoms with Crippen LogP contribution in [0.15, 0.2) is 29.2 Å². The summed E-state index contributed by atoms with van der Waals surface area (Å²) in [6, 6.07) is 6.43. The summed E-state index contributed by atoms with van der Waals surface area (Å²) in [5.41, 5.74) is 2.86. The summed E-state index contributed by atoms with van der Waals surface area (Å²) in [6.07, 6.45) is 3.46. The van der Waals surface area contributed by atoms with E-state index in [-0.39, 0.29) is 17.5 Å². The number of hydrogen-bond acceptors (Lipinski definition) is 6. The first kappa shape index (κ1) is 20.2. The molecule has 0 bridgehead atoms. The molecule has 0 aliphatic carbocycles. The second kappa shape index (κ2) is 8.09. The Morgan fingerprint density at radius 1 is 1.23 bits per heavy atom. The van der Waals surface area contributed by atoms with Crippen LogP contribution in [-0.2, 0) is 4.74 Å². The molecule has 0 amide bonds. The molecule has 2 aliphatic heterocycles. The third kappa shape index (κ3) is 3.64. The highest BCUT2D eigenvalue weighted by Crippen LogP contribution is 2.35. The number of H-pyrrole nitrogens is 1. The van der Waals surface area contributed by atoms with E-state index in [0.717, 1.165) is 56.3 Å². The molecule has 8 heteroatoms. The number of nitrogens with zero attached hydrogens (tertiary/aromatic N) is 4. The molecule has 31 heavy (non-hydrogen) atoms. The normalized spacial score (nSPS) is 19.5. The molecule has 0 spiro atoms. The van der Waals surface area contributed by atoms with Crippen LogP contribution >= 0.6 is 0 Å². The maximum Gasteiger partial charge on any atom is 0.277 e. The minimum atomic E-state index is -0.134. The van der Waals surface area contributed by atoms with E-state index in [9.17, 15) is 4.79 Å². The van der Waals surface area contributed by atoms with Gasteiger partial charge in [0.15, 0.2) is 5.52 Å². The van der Waals surface area contributed by atoms with Crippen LogP contribution in [0.5, 0.6) is 5.75 Å². The fourth-order valence-electron chi connectivity index (χ4n) is 4.72. The maximum absolute atomic E-state index is 12.7. The Kier molecular flexibility index (Phi) is 5.27. The predicted molar refractivity (Wildman–Crippen MR) is 117 cm³/mol. The molecule has 0 saturated carbocycles. The Hall–Kier alpha value is -2.71. The van der Waals surface area contributed by atoms with Crippen LogP contribution < -0.4 is 10.3 Å². The lowest BCUT2D eigenvalue weighted by Gasteiger charge is -2.43. The number of aromatic nitrogens is 4. The molecule has 2 fully saturated rings. The van der Waals surface area contributed by atoms with Crippen molar-refractivity contribution in [3.8, 4) is 5.75 Å². The first-order valence-corrected chi connectivity index (χ1v) is 11.0. The van der Waals surface area contributed by atoms with Gasteiger partial charge in [-0.25, -0.2) is 9.50 Å². The molecule has 164 valence electrons. The molecule has 5 rings (SSSR count). The van der Waals surface area contributed by atoms with E-state index >= 15 is 0 Å². The zero-order chi connectivity index (χ0) is 21.5. The van der Waals surface area contributed by atoms with Crippen LogP contribution in [0.2, 0.25) is 0 Å². The van der Waals surface area contributed by atoms with Gasteiger partial charge in [0, 0.05) is 38.1 Å². The van der Waals surface area contributed by atoms with Gasteiger partial charge < -0.3 is 14.5 Å². The van der Waals surface area contributed by atoms with E-state index in [0.29, 0.717) is 17.3 Å². The van der Waals surface area contributed by atoms with Crippen molar-refractivity contribution in [3.63, 3.8) is 0 Å². The minimum absolute atomic E-state index is 0.0256. The Bertz CT molecular complexity index is 1140. The molecule has 2 saturated heterocycles. The van der Waals surface area contributed by atoms with Gasteiger partial charge in [-0.2, -0.15) is 5.10 Å². The Morgan fingerprint density at radius 3 is 2.71 bits per heavy atom. The maximum atomic E-state index is 12.7. The van der Waals surface area contributed by atoms with Crippen LogP contribution in [0.4, 0.5) is 0 Å². The first-order valence-electron chi connectivity index (χ1n) is 11.0. The topological polar surface area (TPSA) is 84.8 Å². The summed E-state index contributed by atoms with van der Waals surface area (Å²) >= 11 is 0. The lowest BCUT2D eigenvalue weighted by atomic mass is 9.89. The van der Waals surface area contributed by atoms with Crippen LogP contribution in [0.25, 0.3) is 5.52 Å². The number of methoxy groups -OCH3 is 1. The second-order valence-electron chi connectivity index (χ2n) is 8.70. The largest absolute Gasteiger partial charge is 0.496 e. The van der Waals surface area contributed by atoms with Gasteiger partial charge in [0.2, 0.25) is 0 Å². The summed E-state index contributed by atoms with van der Waals surface area (Å²) in [5.74, 6) is 3.24. The number of rotatable bonds is 5. The van der Waals surface area contributed by atoms with Gasteiger partial charge in [0.25, 0.3) is 5.56 Å². The van der Waals surface area contributed by atoms with Crippen LogP contribution in [0, 0.1) is 6.92 Å². The highest BCUT2D eigenvalue weighted by atomic mass is 16.5. The van der Waals surface area contributed by atoms with Crippen molar-refractivity contribution in [1.29, 1.82) is 0 Å². The molecular formula is C23H29N5O3. The first-order chi connectivity index (χ1) is 15.0. The van der Waals surface area contributed by atoms with Gasteiger partial charge in [0.05, 0.1) is 19.3 Å². The molecule has 1 N–H and O–H groups in total. The fourth-order valence-corrected chi connectivity index (χ4v) is 4.72. The van der Waals surface area contributed by atoms with Crippen molar-refractivity contribution in [2.75, 3.05) is 33.4 Å². The number of benzene rings is 1. The summed E-state index contributed by atoms with van der Waals surface area (Å²) in [7, 11) is 1.70. The van der Waals surface area contributed by atoms with Crippen molar-refractivity contribution >= 4 is 5.52 Å². The van der Waals surface area contributed by atoms with Gasteiger partial charge >= 0.3 is 0 Å². The quantitative estimate of drug-likeness (QED) is 0.679. The SMILES string of the molecule is COc1ccc(C2CN(C(C)c3nn4c(C5CCOCC5)ncc4c(=O)[nH]3)C2)cc1C. The number of aromatic amines is 1.